The van der Waals surface area contributed by atoms with Crippen LogP contribution in [0.15, 0.2) is 6.07 Å². The Labute approximate surface area is 104 Å². The Morgan fingerprint density at radius 3 is 2.24 bits per heavy atom. The first-order chi connectivity index (χ1) is 7.80. The summed E-state index contributed by atoms with van der Waals surface area (Å²) in [5.74, 6) is -1.26. The second-order valence-electron chi connectivity index (χ2n) is 3.42. The van der Waals surface area contributed by atoms with Crippen LogP contribution in [-0.4, -0.2) is 22.6 Å². The van der Waals surface area contributed by atoms with Crippen LogP contribution in [-0.2, 0) is 14.8 Å². The molecule has 0 spiro atoms. The topological polar surface area (TPSA) is 52.6 Å². The second kappa shape index (κ2) is 5.10. The van der Waals surface area contributed by atoms with Crippen molar-refractivity contribution >= 4 is 19.7 Å². The zero-order chi connectivity index (χ0) is 13.2. The second-order valence-corrected chi connectivity index (χ2v) is 6.19. The van der Waals surface area contributed by atoms with Gasteiger partial charge in [0.2, 0.25) is 9.05 Å². The smallest absolute Gasteiger partial charge is 0.236 e. The molecule has 0 aromatic heterocycles. The van der Waals surface area contributed by atoms with Gasteiger partial charge in [0, 0.05) is 16.2 Å². The highest BCUT2D eigenvalue weighted by Crippen LogP contribution is 2.36. The molecule has 0 amide bonds. The zero-order valence-electron chi connectivity index (χ0n) is 9.58. The van der Waals surface area contributed by atoms with Crippen molar-refractivity contribution in [3.05, 3.63) is 23.0 Å². The van der Waals surface area contributed by atoms with E-state index in [2.05, 4.69) is 0 Å². The first-order valence-corrected chi connectivity index (χ1v) is 7.10. The molecule has 0 atom stereocenters. The molecule has 0 saturated heterocycles. The van der Waals surface area contributed by atoms with Crippen LogP contribution in [0.5, 0.6) is 11.5 Å². The minimum atomic E-state index is -3.83. The van der Waals surface area contributed by atoms with Gasteiger partial charge in [-0.2, -0.15) is 0 Å². The summed E-state index contributed by atoms with van der Waals surface area (Å²) in [5.41, 5.74) is 0.524. The van der Waals surface area contributed by atoms with Crippen LogP contribution in [0.3, 0.4) is 0 Å². The molecule has 7 heteroatoms. The molecule has 0 N–H and O–H groups in total. The Kier molecular flexibility index (Phi) is 4.21. The Hall–Kier alpha value is -1.01. The van der Waals surface area contributed by atoms with Crippen molar-refractivity contribution in [2.45, 2.75) is 12.7 Å². The van der Waals surface area contributed by atoms with Gasteiger partial charge in [-0.05, 0) is 18.6 Å². The third kappa shape index (κ3) is 3.23. The van der Waals surface area contributed by atoms with Gasteiger partial charge in [-0.1, -0.05) is 0 Å². The number of benzene rings is 1. The monoisotopic (exact) mass is 282 g/mol. The fraction of sp³-hybridized carbons (Fsp3) is 0.400. The molecule has 96 valence electrons. The van der Waals surface area contributed by atoms with Gasteiger partial charge in [0.05, 0.1) is 20.0 Å². The van der Waals surface area contributed by atoms with Crippen LogP contribution in [0.4, 0.5) is 4.39 Å². The van der Waals surface area contributed by atoms with Crippen LogP contribution in [0, 0.1) is 12.7 Å². The average Bonchev–Trinajstić information content (AvgIpc) is 2.20. The summed E-state index contributed by atoms with van der Waals surface area (Å²) in [7, 11) is 3.92. The zero-order valence-corrected chi connectivity index (χ0v) is 11.2. The summed E-state index contributed by atoms with van der Waals surface area (Å²) in [6.45, 7) is 1.66. The minimum absolute atomic E-state index is 0.0462. The number of methoxy groups -OCH3 is 2. The van der Waals surface area contributed by atoms with Gasteiger partial charge in [-0.25, -0.2) is 12.8 Å². The summed E-state index contributed by atoms with van der Waals surface area (Å²) in [5, 5.41) is 0. The highest BCUT2D eigenvalue weighted by Gasteiger charge is 2.20. The van der Waals surface area contributed by atoms with Gasteiger partial charge < -0.3 is 9.47 Å². The van der Waals surface area contributed by atoms with E-state index in [9.17, 15) is 12.8 Å². The molecule has 17 heavy (non-hydrogen) atoms. The highest BCUT2D eigenvalue weighted by molar-refractivity contribution is 8.13. The van der Waals surface area contributed by atoms with Crippen LogP contribution in [0.2, 0.25) is 0 Å². The molecule has 1 rings (SSSR count). The summed E-state index contributed by atoms with van der Waals surface area (Å²) >= 11 is 0. The summed E-state index contributed by atoms with van der Waals surface area (Å²) in [6, 6.07) is 1.37. The number of hydrogen-bond acceptors (Lipinski definition) is 4. The highest BCUT2D eigenvalue weighted by atomic mass is 35.7. The molecule has 1 aromatic rings. The van der Waals surface area contributed by atoms with Gasteiger partial charge in [0.15, 0.2) is 17.3 Å². The van der Waals surface area contributed by atoms with Crippen molar-refractivity contribution in [1.82, 2.24) is 0 Å². The van der Waals surface area contributed by atoms with Crippen molar-refractivity contribution in [2.75, 3.05) is 14.2 Å². The quantitative estimate of drug-likeness (QED) is 0.795. The van der Waals surface area contributed by atoms with Gasteiger partial charge in [0.25, 0.3) is 0 Å². The number of hydrogen-bond donors (Lipinski definition) is 0. The SMILES string of the molecule is COc1c(C)cc(CS(=O)(=O)Cl)c(F)c1OC. The molecule has 0 saturated carbocycles. The maximum atomic E-state index is 13.9. The van der Waals surface area contributed by atoms with Gasteiger partial charge in [-0.3, -0.25) is 0 Å². The largest absolute Gasteiger partial charge is 0.492 e. The van der Waals surface area contributed by atoms with Crippen LogP contribution >= 0.6 is 10.7 Å². The van der Waals surface area contributed by atoms with Crippen LogP contribution < -0.4 is 9.47 Å². The molecule has 0 fully saturated rings. The van der Waals surface area contributed by atoms with Crippen LogP contribution in [0.25, 0.3) is 0 Å². The number of rotatable bonds is 4. The van der Waals surface area contributed by atoms with Crippen molar-refractivity contribution < 1.29 is 22.3 Å². The van der Waals surface area contributed by atoms with Gasteiger partial charge in [0.1, 0.15) is 0 Å². The van der Waals surface area contributed by atoms with Crippen molar-refractivity contribution in [3.8, 4) is 11.5 Å². The molecule has 0 heterocycles. The summed E-state index contributed by atoms with van der Waals surface area (Å²) < 4.78 is 45.6. The standard InChI is InChI=1S/C10H12ClFO4S/c1-6-4-7(5-17(11,13)14)8(12)10(16-3)9(6)15-2/h4H,5H2,1-3H3. The van der Waals surface area contributed by atoms with Crippen LogP contribution in [0.1, 0.15) is 11.1 Å². The van der Waals surface area contributed by atoms with Crippen molar-refractivity contribution in [3.63, 3.8) is 0 Å². The lowest BCUT2D eigenvalue weighted by Gasteiger charge is -2.13. The van der Waals surface area contributed by atoms with Crippen molar-refractivity contribution in [1.29, 1.82) is 0 Å². The maximum absolute atomic E-state index is 13.9. The van der Waals surface area contributed by atoms with E-state index in [0.29, 0.717) is 5.56 Å². The third-order valence-electron chi connectivity index (χ3n) is 2.17. The molecule has 0 radical (unpaired) electrons. The lowest BCUT2D eigenvalue weighted by atomic mass is 10.1. The molecular weight excluding hydrogens is 271 g/mol. The van der Waals surface area contributed by atoms with E-state index < -0.39 is 20.6 Å². The summed E-state index contributed by atoms with van der Waals surface area (Å²) in [6.07, 6.45) is 0. The van der Waals surface area contributed by atoms with E-state index in [1.165, 1.54) is 20.3 Å². The van der Waals surface area contributed by atoms with E-state index in [1.54, 1.807) is 6.92 Å². The Morgan fingerprint density at radius 2 is 1.82 bits per heavy atom. The molecule has 1 aromatic carbocycles. The number of ether oxygens (including phenoxy) is 2. The van der Waals surface area contributed by atoms with E-state index in [0.717, 1.165) is 0 Å². The molecular formula is C10H12ClFO4S. The molecule has 0 bridgehead atoms. The van der Waals surface area contributed by atoms with E-state index in [4.69, 9.17) is 20.2 Å². The molecule has 0 aliphatic carbocycles. The maximum Gasteiger partial charge on any atom is 0.236 e. The molecule has 0 aliphatic heterocycles. The first-order valence-electron chi connectivity index (χ1n) is 4.62. The normalized spacial score (nSPS) is 11.4. The van der Waals surface area contributed by atoms with E-state index in [-0.39, 0.29) is 17.1 Å². The number of halogens is 2. The van der Waals surface area contributed by atoms with E-state index in [1.807, 2.05) is 0 Å². The lowest BCUT2D eigenvalue weighted by Crippen LogP contribution is -2.04. The van der Waals surface area contributed by atoms with E-state index >= 15 is 0 Å². The first kappa shape index (κ1) is 14.1. The molecule has 0 unspecified atom stereocenters. The number of aryl methyl sites for hydroxylation is 1. The Bertz CT molecular complexity index is 528. The fourth-order valence-electron chi connectivity index (χ4n) is 1.54. The summed E-state index contributed by atoms with van der Waals surface area (Å²) in [4.78, 5) is 0. The van der Waals surface area contributed by atoms with Gasteiger partial charge >= 0.3 is 0 Å². The van der Waals surface area contributed by atoms with Gasteiger partial charge in [-0.15, -0.1) is 0 Å². The van der Waals surface area contributed by atoms with Crippen molar-refractivity contribution in [2.24, 2.45) is 0 Å². The third-order valence-corrected chi connectivity index (χ3v) is 3.16. The minimum Gasteiger partial charge on any atom is -0.492 e. The molecule has 0 aliphatic rings. The Balaban J connectivity index is 3.40. The average molecular weight is 283 g/mol. The lowest BCUT2D eigenvalue weighted by molar-refractivity contribution is 0.334. The fourth-order valence-corrected chi connectivity index (χ4v) is 2.48. The Morgan fingerprint density at radius 1 is 1.29 bits per heavy atom. The predicted octanol–water partition coefficient (Wildman–Crippen LogP) is 2.22. The predicted molar refractivity (Wildman–Crippen MR) is 62.7 cm³/mol. The molecule has 4 nitrogen and oxygen atoms in total.